The summed E-state index contributed by atoms with van der Waals surface area (Å²) in [5.74, 6) is -1.27. The van der Waals surface area contributed by atoms with Crippen LogP contribution in [0.1, 0.15) is 24.0 Å². The number of amides is 1. The van der Waals surface area contributed by atoms with Crippen LogP contribution in [0.25, 0.3) is 0 Å². The number of carboxylic acids is 1. The highest BCUT2D eigenvalue weighted by molar-refractivity contribution is 5.78. The summed E-state index contributed by atoms with van der Waals surface area (Å²) >= 11 is 0. The SMILES string of the molecule is Cc1ccc(CNC(=O)CC[C@H](N)C(=O)O)cc1. The molecule has 0 saturated carbocycles. The molecule has 0 aliphatic rings. The first kappa shape index (κ1) is 14.2. The van der Waals surface area contributed by atoms with Crippen LogP contribution in [0.3, 0.4) is 0 Å². The Labute approximate surface area is 106 Å². The van der Waals surface area contributed by atoms with Gasteiger partial charge in [0.25, 0.3) is 0 Å². The summed E-state index contributed by atoms with van der Waals surface area (Å²) in [5, 5.41) is 11.3. The van der Waals surface area contributed by atoms with Gasteiger partial charge in [-0.3, -0.25) is 9.59 Å². The van der Waals surface area contributed by atoms with E-state index in [1.807, 2.05) is 31.2 Å². The van der Waals surface area contributed by atoms with Gasteiger partial charge >= 0.3 is 5.97 Å². The van der Waals surface area contributed by atoms with Crippen LogP contribution in [0.2, 0.25) is 0 Å². The molecule has 0 fully saturated rings. The number of hydrogen-bond acceptors (Lipinski definition) is 3. The minimum Gasteiger partial charge on any atom is -0.480 e. The molecule has 0 saturated heterocycles. The molecule has 5 heteroatoms. The minimum absolute atomic E-state index is 0.124. The second-order valence-electron chi connectivity index (χ2n) is 4.25. The van der Waals surface area contributed by atoms with Crippen LogP contribution >= 0.6 is 0 Å². The van der Waals surface area contributed by atoms with E-state index in [1.165, 1.54) is 0 Å². The number of rotatable bonds is 6. The van der Waals surface area contributed by atoms with Crippen LogP contribution in [0.4, 0.5) is 0 Å². The quantitative estimate of drug-likeness (QED) is 0.696. The van der Waals surface area contributed by atoms with E-state index < -0.39 is 12.0 Å². The van der Waals surface area contributed by atoms with Gasteiger partial charge in [0.1, 0.15) is 6.04 Å². The van der Waals surface area contributed by atoms with Crippen molar-refractivity contribution < 1.29 is 14.7 Å². The van der Waals surface area contributed by atoms with Crippen LogP contribution in [0, 0.1) is 6.92 Å². The van der Waals surface area contributed by atoms with E-state index in [9.17, 15) is 9.59 Å². The Morgan fingerprint density at radius 3 is 2.50 bits per heavy atom. The number of nitrogens with one attached hydrogen (secondary N) is 1. The molecule has 18 heavy (non-hydrogen) atoms. The number of carbonyl (C=O) groups is 2. The first-order valence-corrected chi connectivity index (χ1v) is 5.79. The van der Waals surface area contributed by atoms with Crippen LogP contribution in [0.5, 0.6) is 0 Å². The second-order valence-corrected chi connectivity index (χ2v) is 4.25. The molecule has 4 N–H and O–H groups in total. The smallest absolute Gasteiger partial charge is 0.320 e. The lowest BCUT2D eigenvalue weighted by atomic mass is 10.1. The number of carboxylic acid groups (broad SMARTS) is 1. The van der Waals surface area contributed by atoms with E-state index in [-0.39, 0.29) is 18.7 Å². The Morgan fingerprint density at radius 2 is 1.94 bits per heavy atom. The predicted octanol–water partition coefficient (Wildman–Crippen LogP) is 0.803. The van der Waals surface area contributed by atoms with E-state index in [4.69, 9.17) is 10.8 Å². The molecule has 0 heterocycles. The molecule has 1 amide bonds. The van der Waals surface area contributed by atoms with E-state index in [1.54, 1.807) is 0 Å². The lowest BCUT2D eigenvalue weighted by molar-refractivity contribution is -0.138. The summed E-state index contributed by atoms with van der Waals surface area (Å²) in [5.41, 5.74) is 7.48. The maximum absolute atomic E-state index is 11.5. The molecule has 0 aliphatic carbocycles. The van der Waals surface area contributed by atoms with Crippen molar-refractivity contribution in [1.29, 1.82) is 0 Å². The molecule has 98 valence electrons. The molecular formula is C13H18N2O3. The minimum atomic E-state index is -1.08. The highest BCUT2D eigenvalue weighted by atomic mass is 16.4. The Morgan fingerprint density at radius 1 is 1.33 bits per heavy atom. The monoisotopic (exact) mass is 250 g/mol. The number of benzene rings is 1. The van der Waals surface area contributed by atoms with Gasteiger partial charge in [0, 0.05) is 13.0 Å². The van der Waals surface area contributed by atoms with Crippen LogP contribution < -0.4 is 11.1 Å². The standard InChI is InChI=1S/C13H18N2O3/c1-9-2-4-10(5-3-9)8-15-12(16)7-6-11(14)13(17)18/h2-5,11H,6-8,14H2,1H3,(H,15,16)(H,17,18)/t11-/m0/s1. The third kappa shape index (κ3) is 4.97. The number of nitrogens with two attached hydrogens (primary N) is 1. The van der Waals surface area contributed by atoms with Gasteiger partial charge in [0.05, 0.1) is 0 Å². The summed E-state index contributed by atoms with van der Waals surface area (Å²) in [7, 11) is 0. The van der Waals surface area contributed by atoms with E-state index in [0.717, 1.165) is 11.1 Å². The Balaban J connectivity index is 2.29. The van der Waals surface area contributed by atoms with E-state index >= 15 is 0 Å². The molecular weight excluding hydrogens is 232 g/mol. The molecule has 1 aromatic carbocycles. The maximum atomic E-state index is 11.5. The Bertz CT molecular complexity index is 415. The zero-order chi connectivity index (χ0) is 13.5. The highest BCUT2D eigenvalue weighted by Crippen LogP contribution is 2.03. The van der Waals surface area contributed by atoms with Gasteiger partial charge in [-0.05, 0) is 18.9 Å². The van der Waals surface area contributed by atoms with Crippen LogP contribution in [-0.2, 0) is 16.1 Å². The maximum Gasteiger partial charge on any atom is 0.320 e. The summed E-state index contributed by atoms with van der Waals surface area (Å²) in [6.45, 7) is 2.44. The summed E-state index contributed by atoms with van der Waals surface area (Å²) in [6, 6.07) is 6.86. The lowest BCUT2D eigenvalue weighted by Gasteiger charge is -2.07. The first-order valence-electron chi connectivity index (χ1n) is 5.79. The number of carbonyl (C=O) groups excluding carboxylic acids is 1. The molecule has 0 unspecified atom stereocenters. The molecule has 0 aromatic heterocycles. The van der Waals surface area contributed by atoms with E-state index in [2.05, 4.69) is 5.32 Å². The summed E-state index contributed by atoms with van der Waals surface area (Å²) < 4.78 is 0. The third-order valence-electron chi connectivity index (χ3n) is 2.61. The molecule has 0 spiro atoms. The van der Waals surface area contributed by atoms with Crippen LogP contribution in [-0.4, -0.2) is 23.0 Å². The molecule has 1 aromatic rings. The zero-order valence-corrected chi connectivity index (χ0v) is 10.3. The molecule has 0 radical (unpaired) electrons. The number of aliphatic carboxylic acids is 1. The fourth-order valence-electron chi connectivity index (χ4n) is 1.41. The molecule has 1 rings (SSSR count). The van der Waals surface area contributed by atoms with Crippen molar-refractivity contribution >= 4 is 11.9 Å². The van der Waals surface area contributed by atoms with Gasteiger partial charge in [-0.15, -0.1) is 0 Å². The van der Waals surface area contributed by atoms with Crippen molar-refractivity contribution in [1.82, 2.24) is 5.32 Å². The fraction of sp³-hybridized carbons (Fsp3) is 0.385. The number of aryl methyl sites for hydroxylation is 1. The largest absolute Gasteiger partial charge is 0.480 e. The Hall–Kier alpha value is -1.88. The molecule has 0 aliphatic heterocycles. The number of hydrogen-bond donors (Lipinski definition) is 3. The van der Waals surface area contributed by atoms with Crippen molar-refractivity contribution in [3.8, 4) is 0 Å². The van der Waals surface area contributed by atoms with Crippen molar-refractivity contribution in [3.05, 3.63) is 35.4 Å². The van der Waals surface area contributed by atoms with Gasteiger partial charge < -0.3 is 16.2 Å². The van der Waals surface area contributed by atoms with Crippen molar-refractivity contribution in [2.45, 2.75) is 32.4 Å². The van der Waals surface area contributed by atoms with Gasteiger partial charge in [0.2, 0.25) is 5.91 Å². The molecule has 1 atom stereocenters. The predicted molar refractivity (Wildman–Crippen MR) is 67.9 cm³/mol. The molecule has 0 bridgehead atoms. The van der Waals surface area contributed by atoms with Gasteiger partial charge in [-0.2, -0.15) is 0 Å². The first-order chi connectivity index (χ1) is 8.49. The summed E-state index contributed by atoms with van der Waals surface area (Å²) in [4.78, 5) is 21.9. The zero-order valence-electron chi connectivity index (χ0n) is 10.3. The third-order valence-corrected chi connectivity index (χ3v) is 2.61. The topological polar surface area (TPSA) is 92.4 Å². The highest BCUT2D eigenvalue weighted by Gasteiger charge is 2.13. The van der Waals surface area contributed by atoms with Crippen molar-refractivity contribution in [3.63, 3.8) is 0 Å². The van der Waals surface area contributed by atoms with Crippen molar-refractivity contribution in [2.24, 2.45) is 5.73 Å². The Kier molecular flexibility index (Phi) is 5.32. The summed E-state index contributed by atoms with van der Waals surface area (Å²) in [6.07, 6.45) is 0.272. The normalized spacial score (nSPS) is 11.9. The van der Waals surface area contributed by atoms with Gasteiger partial charge in [-0.1, -0.05) is 29.8 Å². The van der Waals surface area contributed by atoms with Crippen LogP contribution in [0.15, 0.2) is 24.3 Å². The van der Waals surface area contributed by atoms with Gasteiger partial charge in [-0.25, -0.2) is 0 Å². The average Bonchev–Trinajstić information content (AvgIpc) is 2.35. The second kappa shape index (κ2) is 6.76. The van der Waals surface area contributed by atoms with Crippen molar-refractivity contribution in [2.75, 3.05) is 0 Å². The molecule has 5 nitrogen and oxygen atoms in total. The lowest BCUT2D eigenvalue weighted by Crippen LogP contribution is -2.32. The average molecular weight is 250 g/mol. The fourth-order valence-corrected chi connectivity index (χ4v) is 1.41. The van der Waals surface area contributed by atoms with E-state index in [0.29, 0.717) is 6.54 Å². The van der Waals surface area contributed by atoms with Gasteiger partial charge in [0.15, 0.2) is 0 Å².